The molecule has 8 aromatic carbocycles. The Kier molecular flexibility index (Phi) is 43.3. The molecule has 20 atom stereocenters. The summed E-state index contributed by atoms with van der Waals surface area (Å²) in [5, 5.41) is 7.33. The number of esters is 6. The molecule has 8 aromatic rings. The van der Waals surface area contributed by atoms with Gasteiger partial charge >= 0.3 is 35.8 Å². The van der Waals surface area contributed by atoms with Gasteiger partial charge in [0.25, 0.3) is 36.0 Å². The van der Waals surface area contributed by atoms with Gasteiger partial charge in [0.05, 0.1) is 66.4 Å². The van der Waals surface area contributed by atoms with Crippen molar-refractivity contribution in [2.75, 3.05) is 40.1 Å². The van der Waals surface area contributed by atoms with Crippen molar-refractivity contribution in [3.8, 4) is 0 Å². The van der Waals surface area contributed by atoms with Crippen molar-refractivity contribution in [3.63, 3.8) is 0 Å². The van der Waals surface area contributed by atoms with Crippen LogP contribution in [0.1, 0.15) is 137 Å². The number of nitrogens with one attached hydrogen (secondary N) is 2. The summed E-state index contributed by atoms with van der Waals surface area (Å²) in [6.07, 6.45) is -32.4. The van der Waals surface area contributed by atoms with E-state index in [9.17, 15) is 38.4 Å². The molecule has 0 saturated carbocycles. The van der Waals surface area contributed by atoms with Crippen LogP contribution in [0.15, 0.2) is 243 Å². The fourth-order valence-corrected chi connectivity index (χ4v) is 28.1. The van der Waals surface area contributed by atoms with Crippen molar-refractivity contribution in [2.45, 2.75) is 281 Å². The van der Waals surface area contributed by atoms with Crippen LogP contribution in [-0.4, -0.2) is 240 Å². The van der Waals surface area contributed by atoms with Gasteiger partial charge in [-0.15, -0.1) is 0 Å². The normalized spacial score (nSPS) is 24.5. The maximum atomic E-state index is 15.6. The maximum absolute atomic E-state index is 15.6. The molecule has 0 unspecified atom stereocenters. The molecule has 0 aromatic heterocycles. The molecule has 147 heavy (non-hydrogen) atoms. The second-order valence-corrected chi connectivity index (χ2v) is 51.3. The first kappa shape index (κ1) is 116. The Balaban J connectivity index is 1.09. The number of hydrogen-bond donors (Lipinski definition) is 2. The van der Waals surface area contributed by atoms with Crippen LogP contribution < -0.4 is 31.4 Å². The number of benzene rings is 8. The van der Waals surface area contributed by atoms with Crippen LogP contribution in [0.2, 0.25) is 10.1 Å². The second kappa shape index (κ2) is 54.7. The first-order valence-electron chi connectivity index (χ1n) is 48.6. The SMILES string of the molecule is COC(=O)CCCCCO[C@@H]1O[C@H](COCc2ccccc2)[C@@H](O[C@@H]2O[C@H](CO[Si](c3ccccc3)(c3ccccc3)C(C)(C)C)[C@H](OC(C)=O)[C@H](O[C@@H]3O[C@H](COCc4ccccc4)[C@@H](O[C@@H]4O[C@H](CO[Si](c5ccccc5)(c5ccccc5)C(C)(C)C)[C@H](OC(C)=O)[C@H](OC(=O)CCC(C)=O)[C@H]4OC(C)=O)[C@H](OCc4ccccc4)[C@H]3NC(=O)C(Cl)(Cl)Cl)[C@H]2OC(C)=O)[C@H](OCc2ccccc2)[C@H]1NC(=O)C(Cl)(Cl)Cl. The zero-order valence-electron chi connectivity index (χ0n) is 83.9. The van der Waals surface area contributed by atoms with Crippen LogP contribution in [-0.2, 0) is 164 Å². The summed E-state index contributed by atoms with van der Waals surface area (Å²) in [5.74, 6) is -8.29. The molecule has 2 amide bonds. The molecule has 39 heteroatoms. The Morgan fingerprint density at radius 3 is 0.973 bits per heavy atom. The van der Waals surface area contributed by atoms with Gasteiger partial charge in [-0.1, -0.05) is 360 Å². The number of carbonyl (C=O) groups is 9. The van der Waals surface area contributed by atoms with Gasteiger partial charge in [0.2, 0.25) is 0 Å². The van der Waals surface area contributed by atoms with E-state index in [1.165, 1.54) is 14.0 Å². The number of Topliss-reactive ketones (excluding diaryl/α,β-unsaturated/α-hetero) is 1. The van der Waals surface area contributed by atoms with E-state index in [1.807, 2.05) is 193 Å². The number of ketones is 1. The minimum Gasteiger partial charge on any atom is -0.469 e. The highest BCUT2D eigenvalue weighted by molar-refractivity contribution is 7.00. The van der Waals surface area contributed by atoms with Crippen molar-refractivity contribution in [1.82, 2.24) is 10.6 Å². The summed E-state index contributed by atoms with van der Waals surface area (Å²) >= 11 is 39.9. The Morgan fingerprint density at radius 2 is 0.626 bits per heavy atom. The van der Waals surface area contributed by atoms with Crippen molar-refractivity contribution in [2.24, 2.45) is 0 Å². The standard InChI is InChI=1S/C108H128Cl6N2O29Si2/c1-68(117)57-58-86(123)142-95-91(134-69(2)118)83(66-132-146(105(6,7)8,77-48-30-17-31-49-77)78-50-32-18-33-51-78)140-101(97(95)136-71(4)120)144-90-82(65-128-61-74-42-24-14-25-43-74)139-100(88(116-104(125)108(112,113)114)94(90)131-63-76-46-28-16-29-47-76)145-96-92(135-70(3)119)84(67-133-147(106(9,10)11,79-52-34-19-35-53-79)80-54-36-20-37-55-80)141-102(98(96)137-72(5)121)143-89-81(64-127-60-73-40-22-13-23-41-73)138-99(129-59-39-21-38-56-85(122)126-12)87(115-103(124)107(109,110)111)93(89)130-62-75-44-26-15-27-45-75/h13-20,22-37,40-55,81-84,87-102H,21,38-39,56-67H2,1-12H3,(H,115,124)(H,116,125)/t81-,82-,83-,84-,87-,88-,89-,90-,91+,92+,93-,94-,95+,96+,97-,98-,99-,100+,101+,102+/m1/s1. The zero-order chi connectivity index (χ0) is 106. The Morgan fingerprint density at radius 1 is 0.313 bits per heavy atom. The van der Waals surface area contributed by atoms with E-state index in [1.54, 1.807) is 91.0 Å². The monoisotopic (exact) mass is 2180 g/mol. The number of rotatable bonds is 47. The van der Waals surface area contributed by atoms with E-state index in [4.69, 9.17) is 164 Å². The number of unbranched alkanes of at least 4 members (excludes halogenated alkanes) is 2. The third-order valence-electron chi connectivity index (χ3n) is 25.3. The lowest BCUT2D eigenvalue weighted by Crippen LogP contribution is -2.72. The fraction of sp³-hybridized carbons (Fsp3) is 0.472. The van der Waals surface area contributed by atoms with E-state index in [0.29, 0.717) is 36.0 Å². The zero-order valence-corrected chi connectivity index (χ0v) is 90.4. The second-order valence-electron chi connectivity index (χ2n) is 38.2. The van der Waals surface area contributed by atoms with Gasteiger partial charge in [-0.05, 0) is 72.8 Å². The summed E-state index contributed by atoms with van der Waals surface area (Å²) in [6, 6.07) is 70.4. The van der Waals surface area contributed by atoms with Crippen LogP contribution in [0.3, 0.4) is 0 Å². The highest BCUT2D eigenvalue weighted by Gasteiger charge is 2.63. The van der Waals surface area contributed by atoms with Crippen LogP contribution in [0.4, 0.5) is 0 Å². The molecule has 4 aliphatic heterocycles. The Labute approximate surface area is 888 Å². The lowest BCUT2D eigenvalue weighted by Gasteiger charge is -2.53. The van der Waals surface area contributed by atoms with Gasteiger partial charge in [0, 0.05) is 47.1 Å². The molecule has 2 N–H and O–H groups in total. The number of amides is 2. The van der Waals surface area contributed by atoms with Gasteiger partial charge in [0.1, 0.15) is 72.8 Å². The van der Waals surface area contributed by atoms with Crippen molar-refractivity contribution in [3.05, 3.63) is 265 Å². The summed E-state index contributed by atoms with van der Waals surface area (Å²) in [7, 11) is -6.23. The number of alkyl halides is 6. The quantitative estimate of drug-likeness (QED) is 0.0118. The molecule has 4 saturated heterocycles. The molecule has 0 radical (unpaired) electrons. The van der Waals surface area contributed by atoms with Crippen molar-refractivity contribution in [1.29, 1.82) is 0 Å². The predicted octanol–water partition coefficient (Wildman–Crippen LogP) is 14.3. The number of carbonyl (C=O) groups excluding carboxylic acids is 9. The van der Waals surface area contributed by atoms with E-state index < -0.39 is 237 Å². The predicted molar refractivity (Wildman–Crippen MR) is 552 cm³/mol. The largest absolute Gasteiger partial charge is 0.469 e. The summed E-state index contributed by atoms with van der Waals surface area (Å²) in [4.78, 5) is 128. The highest BCUT2D eigenvalue weighted by atomic mass is 35.6. The molecule has 0 bridgehead atoms. The first-order valence-corrected chi connectivity index (χ1v) is 54.7. The number of hydrogen-bond acceptors (Lipinski definition) is 29. The average Bonchev–Trinajstić information content (AvgIpc) is 0.742. The molecule has 4 heterocycles. The van der Waals surface area contributed by atoms with Gasteiger partial charge in [-0.3, -0.25) is 38.4 Å². The molecule has 4 fully saturated rings. The molecule has 0 spiro atoms. The molecule has 0 aliphatic carbocycles. The topological polar surface area (TPSA) is 362 Å². The number of ether oxygens (including phenoxy) is 18. The number of halogens is 6. The van der Waals surface area contributed by atoms with Gasteiger partial charge in [-0.2, -0.15) is 0 Å². The summed E-state index contributed by atoms with van der Waals surface area (Å²) in [6.45, 7) is 14.9. The molecule has 31 nitrogen and oxygen atoms in total. The van der Waals surface area contributed by atoms with E-state index in [-0.39, 0.29) is 51.7 Å². The molecule has 4 aliphatic rings. The van der Waals surface area contributed by atoms with E-state index in [0.717, 1.165) is 54.0 Å². The third kappa shape index (κ3) is 32.0. The van der Waals surface area contributed by atoms with Gasteiger partial charge in [0.15, 0.2) is 55.7 Å². The van der Waals surface area contributed by atoms with Crippen LogP contribution in [0, 0.1) is 0 Å². The minimum absolute atomic E-state index is 0.0349. The first-order chi connectivity index (χ1) is 70.1. The lowest BCUT2D eigenvalue weighted by atomic mass is 9.93. The maximum Gasteiger partial charge on any atom is 0.306 e. The van der Waals surface area contributed by atoms with Crippen molar-refractivity contribution >= 4 is 160 Å². The number of methoxy groups -OCH3 is 1. The highest BCUT2D eigenvalue weighted by Crippen LogP contribution is 2.45. The van der Waals surface area contributed by atoms with Gasteiger partial charge in [-0.25, -0.2) is 0 Å². The summed E-state index contributed by atoms with van der Waals surface area (Å²) < 4.78 is 134. The fourth-order valence-electron chi connectivity index (χ4n) is 18.7. The Hall–Kier alpha value is -9.20. The smallest absolute Gasteiger partial charge is 0.306 e. The average molecular weight is 2190 g/mol. The third-order valence-corrected chi connectivity index (χ3v) is 36.3. The van der Waals surface area contributed by atoms with Crippen LogP contribution in [0.5, 0.6) is 0 Å². The summed E-state index contributed by atoms with van der Waals surface area (Å²) in [5.41, 5.74) is 2.46. The molecular formula is C108H128Cl6N2O29Si2. The van der Waals surface area contributed by atoms with E-state index >= 15 is 4.79 Å². The molecular weight excluding hydrogens is 2060 g/mol. The molecule has 12 rings (SSSR count). The van der Waals surface area contributed by atoms with E-state index in [2.05, 4.69) is 10.6 Å². The van der Waals surface area contributed by atoms with Crippen LogP contribution in [0.25, 0.3) is 0 Å². The lowest BCUT2D eigenvalue weighted by molar-refractivity contribution is -0.381. The Bertz CT molecular complexity index is 5440. The minimum atomic E-state index is -3.83. The molecule has 794 valence electrons. The van der Waals surface area contributed by atoms with Crippen molar-refractivity contribution < 1.29 is 137 Å². The van der Waals surface area contributed by atoms with Gasteiger partial charge < -0.3 is 110 Å². The van der Waals surface area contributed by atoms with Crippen LogP contribution >= 0.6 is 69.6 Å².